The molecule has 0 saturated carbocycles. The number of carbonyl (C=O) groups is 1. The molecule has 3 heterocycles. The van der Waals surface area contributed by atoms with Gasteiger partial charge in [0.15, 0.2) is 5.16 Å². The molecule has 5 rings (SSSR count). The molecular formula is C27H27BrN4O3S2. The van der Waals surface area contributed by atoms with E-state index in [2.05, 4.69) is 40.0 Å². The zero-order valence-electron chi connectivity index (χ0n) is 20.8. The lowest BCUT2D eigenvalue weighted by Crippen LogP contribution is -2.35. The number of nitrogens with one attached hydrogen (secondary N) is 1. The van der Waals surface area contributed by atoms with Crippen molar-refractivity contribution in [1.82, 2.24) is 14.5 Å². The number of anilines is 1. The van der Waals surface area contributed by atoms with Crippen LogP contribution in [0.2, 0.25) is 0 Å². The molecule has 0 atom stereocenters. The van der Waals surface area contributed by atoms with Crippen LogP contribution in [0.5, 0.6) is 5.75 Å². The standard InChI is InChI=1S/C27H27BrN4O3S2/c1-16(2)31-12-11-21-22(14-31)37-25-24(21)26(34)32(19-7-9-20(35-3)10-8-19)27(30-25)36-15-23(33)29-18-6-4-5-17(28)13-18/h4-10,13,16H,11-12,14-15H2,1-3H3,(H,29,33). The number of benzene rings is 2. The van der Waals surface area contributed by atoms with Crippen molar-refractivity contribution < 1.29 is 9.53 Å². The minimum atomic E-state index is -0.170. The van der Waals surface area contributed by atoms with Crippen LogP contribution in [0.1, 0.15) is 24.3 Å². The third kappa shape index (κ3) is 5.47. The van der Waals surface area contributed by atoms with Crippen molar-refractivity contribution in [1.29, 1.82) is 0 Å². The van der Waals surface area contributed by atoms with E-state index in [4.69, 9.17) is 9.72 Å². The molecule has 0 unspecified atom stereocenters. The second kappa shape index (κ2) is 11.0. The van der Waals surface area contributed by atoms with Crippen molar-refractivity contribution in [3.05, 3.63) is 73.8 Å². The minimum Gasteiger partial charge on any atom is -0.497 e. The van der Waals surface area contributed by atoms with E-state index in [1.54, 1.807) is 23.0 Å². The summed E-state index contributed by atoms with van der Waals surface area (Å²) in [7, 11) is 1.61. The predicted molar refractivity (Wildman–Crippen MR) is 155 cm³/mol. The van der Waals surface area contributed by atoms with Crippen LogP contribution in [0.3, 0.4) is 0 Å². The normalized spacial score (nSPS) is 13.6. The van der Waals surface area contributed by atoms with Gasteiger partial charge in [-0.1, -0.05) is 33.8 Å². The van der Waals surface area contributed by atoms with Crippen molar-refractivity contribution in [3.63, 3.8) is 0 Å². The molecule has 0 radical (unpaired) electrons. The second-order valence-corrected chi connectivity index (χ2v) is 12.0. The number of aromatic nitrogens is 2. The van der Waals surface area contributed by atoms with Crippen LogP contribution in [0.25, 0.3) is 15.9 Å². The summed E-state index contributed by atoms with van der Waals surface area (Å²) >= 11 is 6.27. The maximum atomic E-state index is 14.0. The topological polar surface area (TPSA) is 76.5 Å². The van der Waals surface area contributed by atoms with Crippen LogP contribution >= 0.6 is 39.0 Å². The van der Waals surface area contributed by atoms with Gasteiger partial charge < -0.3 is 10.1 Å². The van der Waals surface area contributed by atoms with Crippen molar-refractivity contribution in [2.45, 2.75) is 38.0 Å². The molecule has 2 aromatic carbocycles. The van der Waals surface area contributed by atoms with Gasteiger partial charge in [0.25, 0.3) is 5.56 Å². The van der Waals surface area contributed by atoms with Crippen LogP contribution in [-0.4, -0.2) is 45.8 Å². The highest BCUT2D eigenvalue weighted by Gasteiger charge is 2.26. The lowest BCUT2D eigenvalue weighted by Gasteiger charge is -2.30. The van der Waals surface area contributed by atoms with Gasteiger partial charge in [0.2, 0.25) is 5.91 Å². The molecule has 37 heavy (non-hydrogen) atoms. The minimum absolute atomic E-state index is 0.0967. The molecule has 1 amide bonds. The Kier molecular flexibility index (Phi) is 7.71. The molecule has 0 aliphatic carbocycles. The van der Waals surface area contributed by atoms with Gasteiger partial charge in [0, 0.05) is 34.2 Å². The van der Waals surface area contributed by atoms with E-state index in [0.29, 0.717) is 33.7 Å². The number of halogens is 1. The lowest BCUT2D eigenvalue weighted by atomic mass is 10.0. The molecule has 1 aliphatic rings. The summed E-state index contributed by atoms with van der Waals surface area (Å²) in [5.41, 5.74) is 2.41. The molecule has 192 valence electrons. The van der Waals surface area contributed by atoms with Gasteiger partial charge in [0.05, 0.1) is 23.9 Å². The van der Waals surface area contributed by atoms with Crippen molar-refractivity contribution in [2.24, 2.45) is 0 Å². The van der Waals surface area contributed by atoms with Gasteiger partial charge in [-0.05, 0) is 68.3 Å². The molecule has 2 aromatic heterocycles. The van der Waals surface area contributed by atoms with Gasteiger partial charge in [-0.25, -0.2) is 4.98 Å². The number of thiophene rings is 1. The number of ether oxygens (including phenoxy) is 1. The third-order valence-corrected chi connectivity index (χ3v) is 8.92. The molecule has 1 N–H and O–H groups in total. The Morgan fingerprint density at radius 3 is 2.73 bits per heavy atom. The summed E-state index contributed by atoms with van der Waals surface area (Å²) in [5.74, 6) is 0.652. The monoisotopic (exact) mass is 598 g/mol. The molecular weight excluding hydrogens is 572 g/mol. The van der Waals surface area contributed by atoms with E-state index in [0.717, 1.165) is 34.4 Å². The van der Waals surface area contributed by atoms with Crippen LogP contribution in [-0.2, 0) is 17.8 Å². The Morgan fingerprint density at radius 2 is 2.03 bits per heavy atom. The Morgan fingerprint density at radius 1 is 1.24 bits per heavy atom. The SMILES string of the molecule is COc1ccc(-n2c(SCC(=O)Nc3cccc(Br)c3)nc3sc4c(c3c2=O)CCN(C(C)C)C4)cc1. The van der Waals surface area contributed by atoms with Gasteiger partial charge in [-0.3, -0.25) is 19.1 Å². The van der Waals surface area contributed by atoms with Crippen LogP contribution in [0.4, 0.5) is 5.69 Å². The summed E-state index contributed by atoms with van der Waals surface area (Å²) < 4.78 is 7.81. The second-order valence-electron chi connectivity index (χ2n) is 9.08. The molecule has 1 aliphatic heterocycles. The summed E-state index contributed by atoms with van der Waals surface area (Å²) in [5, 5.41) is 4.10. The predicted octanol–water partition coefficient (Wildman–Crippen LogP) is 5.72. The van der Waals surface area contributed by atoms with Gasteiger partial charge >= 0.3 is 0 Å². The zero-order chi connectivity index (χ0) is 26.1. The highest BCUT2D eigenvalue weighted by atomic mass is 79.9. The molecule has 0 saturated heterocycles. The average molecular weight is 600 g/mol. The average Bonchev–Trinajstić information content (AvgIpc) is 3.25. The first kappa shape index (κ1) is 26.0. The van der Waals surface area contributed by atoms with Crippen molar-refractivity contribution >= 4 is 60.8 Å². The molecule has 4 aromatic rings. The number of carbonyl (C=O) groups excluding carboxylic acids is 1. The molecule has 10 heteroatoms. The van der Waals surface area contributed by atoms with Crippen LogP contribution in [0, 0.1) is 0 Å². The number of fused-ring (bicyclic) bond motifs is 3. The van der Waals surface area contributed by atoms with E-state index in [9.17, 15) is 9.59 Å². The third-order valence-electron chi connectivity index (χ3n) is 6.37. The largest absolute Gasteiger partial charge is 0.497 e. The maximum Gasteiger partial charge on any atom is 0.267 e. The Balaban J connectivity index is 1.52. The lowest BCUT2D eigenvalue weighted by molar-refractivity contribution is -0.113. The fraction of sp³-hybridized carbons (Fsp3) is 0.296. The first-order valence-electron chi connectivity index (χ1n) is 12.0. The van der Waals surface area contributed by atoms with E-state index >= 15 is 0 Å². The smallest absolute Gasteiger partial charge is 0.267 e. The van der Waals surface area contributed by atoms with E-state index in [-0.39, 0.29) is 17.2 Å². The number of rotatable bonds is 7. The number of nitrogens with zero attached hydrogens (tertiary/aromatic N) is 3. The fourth-order valence-corrected chi connectivity index (χ4v) is 6.93. The van der Waals surface area contributed by atoms with Crippen molar-refractivity contribution in [3.8, 4) is 11.4 Å². The summed E-state index contributed by atoms with van der Waals surface area (Å²) in [6.07, 6.45) is 0.828. The zero-order valence-corrected chi connectivity index (χ0v) is 24.0. The van der Waals surface area contributed by atoms with Crippen molar-refractivity contribution in [2.75, 3.05) is 24.7 Å². The van der Waals surface area contributed by atoms with Gasteiger partial charge in [-0.2, -0.15) is 0 Å². The van der Waals surface area contributed by atoms with E-state index in [1.807, 2.05) is 48.5 Å². The van der Waals surface area contributed by atoms with Gasteiger partial charge in [-0.15, -0.1) is 11.3 Å². The number of thioether (sulfide) groups is 1. The number of amides is 1. The maximum absolute atomic E-state index is 14.0. The summed E-state index contributed by atoms with van der Waals surface area (Å²) in [6, 6.07) is 15.2. The first-order chi connectivity index (χ1) is 17.8. The van der Waals surface area contributed by atoms with E-state index in [1.165, 1.54) is 16.6 Å². The quantitative estimate of drug-likeness (QED) is 0.217. The number of hydrogen-bond acceptors (Lipinski definition) is 7. The molecule has 7 nitrogen and oxygen atoms in total. The molecule has 0 bridgehead atoms. The van der Waals surface area contributed by atoms with Gasteiger partial charge in [0.1, 0.15) is 10.6 Å². The van der Waals surface area contributed by atoms with Crippen LogP contribution < -0.4 is 15.6 Å². The molecule has 0 spiro atoms. The summed E-state index contributed by atoms with van der Waals surface area (Å²) in [4.78, 5) is 36.0. The molecule has 0 fully saturated rings. The highest BCUT2D eigenvalue weighted by molar-refractivity contribution is 9.10. The Labute approximate surface area is 232 Å². The Hall–Kier alpha value is -2.66. The summed E-state index contributed by atoms with van der Waals surface area (Å²) in [6.45, 7) is 6.14. The number of hydrogen-bond donors (Lipinski definition) is 1. The number of methoxy groups -OCH3 is 1. The first-order valence-corrected chi connectivity index (χ1v) is 14.6. The van der Waals surface area contributed by atoms with Crippen LogP contribution in [0.15, 0.2) is 63.0 Å². The highest BCUT2D eigenvalue weighted by Crippen LogP contribution is 2.35. The fourth-order valence-electron chi connectivity index (χ4n) is 4.43. The van der Waals surface area contributed by atoms with E-state index < -0.39 is 0 Å². The Bertz CT molecular complexity index is 1510.